The average Bonchev–Trinajstić information content (AvgIpc) is 2.77. The van der Waals surface area contributed by atoms with Crippen LogP contribution in [0.1, 0.15) is 24.5 Å². The summed E-state index contributed by atoms with van der Waals surface area (Å²) in [5.41, 5.74) is 1.27. The molecule has 0 aliphatic carbocycles. The number of sulfonamides is 1. The van der Waals surface area contributed by atoms with Gasteiger partial charge in [0.25, 0.3) is 0 Å². The summed E-state index contributed by atoms with van der Waals surface area (Å²) in [5.74, 6) is 0. The zero-order valence-electron chi connectivity index (χ0n) is 12.2. The molecule has 1 unspecified atom stereocenters. The lowest BCUT2D eigenvalue weighted by atomic mass is 10.0. The Morgan fingerprint density at radius 1 is 1.40 bits per heavy atom. The third-order valence-corrected chi connectivity index (χ3v) is 5.44. The maximum absolute atomic E-state index is 12.6. The number of hydrogen-bond donors (Lipinski definition) is 2. The molecular formula is C14H22N2O3S. The second-order valence-electron chi connectivity index (χ2n) is 5.54. The molecule has 0 aromatic heterocycles. The molecule has 1 atom stereocenters. The van der Waals surface area contributed by atoms with Gasteiger partial charge in [-0.1, -0.05) is 12.1 Å². The Morgan fingerprint density at radius 3 is 2.75 bits per heavy atom. The minimum absolute atomic E-state index is 0.346. The van der Waals surface area contributed by atoms with Gasteiger partial charge in [-0.2, -0.15) is 0 Å². The SMILES string of the molecule is CNCc1cccc(S(=O)(=O)NC2(C)CCOC2)c1C. The molecule has 0 saturated carbocycles. The molecule has 2 rings (SSSR count). The van der Waals surface area contributed by atoms with Crippen molar-refractivity contribution in [3.63, 3.8) is 0 Å². The van der Waals surface area contributed by atoms with E-state index >= 15 is 0 Å². The molecule has 0 spiro atoms. The quantitative estimate of drug-likeness (QED) is 0.856. The standard InChI is InChI=1S/C14H22N2O3S/c1-11-12(9-15-3)5-4-6-13(11)20(17,18)16-14(2)7-8-19-10-14/h4-6,15-16H,7-10H2,1-3H3. The Bertz CT molecular complexity index is 578. The van der Waals surface area contributed by atoms with Gasteiger partial charge in [0.2, 0.25) is 10.0 Å². The largest absolute Gasteiger partial charge is 0.379 e. The van der Waals surface area contributed by atoms with Crippen molar-refractivity contribution in [3.05, 3.63) is 29.3 Å². The molecule has 1 aromatic rings. The van der Waals surface area contributed by atoms with Gasteiger partial charge in [0.05, 0.1) is 17.0 Å². The van der Waals surface area contributed by atoms with Crippen LogP contribution in [0.4, 0.5) is 0 Å². The van der Waals surface area contributed by atoms with Crippen molar-refractivity contribution in [2.45, 2.75) is 37.2 Å². The molecule has 5 nitrogen and oxygen atoms in total. The summed E-state index contributed by atoms with van der Waals surface area (Å²) in [6, 6.07) is 5.36. The van der Waals surface area contributed by atoms with Crippen molar-refractivity contribution >= 4 is 10.0 Å². The van der Waals surface area contributed by atoms with E-state index in [1.807, 2.05) is 27.0 Å². The maximum Gasteiger partial charge on any atom is 0.241 e. The summed E-state index contributed by atoms with van der Waals surface area (Å²) < 4.78 is 33.2. The molecule has 6 heteroatoms. The van der Waals surface area contributed by atoms with Gasteiger partial charge in [0.1, 0.15) is 0 Å². The highest BCUT2D eigenvalue weighted by Crippen LogP contribution is 2.24. The van der Waals surface area contributed by atoms with Gasteiger partial charge < -0.3 is 10.1 Å². The molecular weight excluding hydrogens is 276 g/mol. The van der Waals surface area contributed by atoms with Crippen LogP contribution in [0.5, 0.6) is 0 Å². The monoisotopic (exact) mass is 298 g/mol. The number of nitrogens with one attached hydrogen (secondary N) is 2. The van der Waals surface area contributed by atoms with E-state index in [0.29, 0.717) is 31.1 Å². The summed E-state index contributed by atoms with van der Waals surface area (Å²) in [5, 5.41) is 3.05. The van der Waals surface area contributed by atoms with Gasteiger partial charge in [-0.3, -0.25) is 0 Å². The molecule has 0 bridgehead atoms. The fourth-order valence-corrected chi connectivity index (χ4v) is 4.17. The normalized spacial score (nSPS) is 23.1. The zero-order chi connectivity index (χ0) is 14.8. The average molecular weight is 298 g/mol. The van der Waals surface area contributed by atoms with E-state index in [1.165, 1.54) is 0 Å². The van der Waals surface area contributed by atoms with Crippen LogP contribution in [0.25, 0.3) is 0 Å². The van der Waals surface area contributed by atoms with Crippen LogP contribution in [0.15, 0.2) is 23.1 Å². The maximum atomic E-state index is 12.6. The third-order valence-electron chi connectivity index (χ3n) is 3.65. The van der Waals surface area contributed by atoms with Gasteiger partial charge in [-0.05, 0) is 44.5 Å². The molecule has 1 saturated heterocycles. The lowest BCUT2D eigenvalue weighted by Gasteiger charge is -2.24. The highest BCUT2D eigenvalue weighted by Gasteiger charge is 2.35. The number of rotatable bonds is 5. The van der Waals surface area contributed by atoms with E-state index in [2.05, 4.69) is 10.0 Å². The molecule has 1 heterocycles. The molecule has 112 valence electrons. The number of hydrogen-bond acceptors (Lipinski definition) is 4. The predicted octanol–water partition coefficient (Wildman–Crippen LogP) is 1.17. The molecule has 0 radical (unpaired) electrons. The van der Waals surface area contributed by atoms with Crippen LogP contribution < -0.4 is 10.0 Å². The summed E-state index contributed by atoms with van der Waals surface area (Å²) in [6.07, 6.45) is 0.696. The lowest BCUT2D eigenvalue weighted by Crippen LogP contribution is -2.46. The van der Waals surface area contributed by atoms with Crippen LogP contribution in [0.2, 0.25) is 0 Å². The van der Waals surface area contributed by atoms with Gasteiger partial charge in [-0.25, -0.2) is 13.1 Å². The first-order chi connectivity index (χ1) is 9.38. The van der Waals surface area contributed by atoms with E-state index in [9.17, 15) is 8.42 Å². The van der Waals surface area contributed by atoms with Crippen molar-refractivity contribution in [1.82, 2.24) is 10.0 Å². The van der Waals surface area contributed by atoms with Crippen molar-refractivity contribution in [2.24, 2.45) is 0 Å². The van der Waals surface area contributed by atoms with Crippen molar-refractivity contribution in [3.8, 4) is 0 Å². The molecule has 0 amide bonds. The van der Waals surface area contributed by atoms with E-state index in [1.54, 1.807) is 12.1 Å². The van der Waals surface area contributed by atoms with Crippen LogP contribution in [0, 0.1) is 6.92 Å². The van der Waals surface area contributed by atoms with Gasteiger partial charge in [0.15, 0.2) is 0 Å². The van der Waals surface area contributed by atoms with E-state index < -0.39 is 15.6 Å². The van der Waals surface area contributed by atoms with Gasteiger partial charge in [-0.15, -0.1) is 0 Å². The molecule has 1 fully saturated rings. The summed E-state index contributed by atoms with van der Waals surface area (Å²) >= 11 is 0. The highest BCUT2D eigenvalue weighted by molar-refractivity contribution is 7.89. The Labute approximate surface area is 120 Å². The fourth-order valence-electron chi connectivity index (χ4n) is 2.46. The second-order valence-corrected chi connectivity index (χ2v) is 7.19. The predicted molar refractivity (Wildman–Crippen MR) is 78.1 cm³/mol. The topological polar surface area (TPSA) is 67.4 Å². The summed E-state index contributed by atoms with van der Waals surface area (Å²) in [4.78, 5) is 0.346. The van der Waals surface area contributed by atoms with Crippen molar-refractivity contribution in [2.75, 3.05) is 20.3 Å². The zero-order valence-corrected chi connectivity index (χ0v) is 13.0. The summed E-state index contributed by atoms with van der Waals surface area (Å²) in [7, 11) is -1.69. The van der Waals surface area contributed by atoms with Gasteiger partial charge in [0, 0.05) is 13.2 Å². The van der Waals surface area contributed by atoms with Crippen LogP contribution in [-0.2, 0) is 21.3 Å². The van der Waals surface area contributed by atoms with Gasteiger partial charge >= 0.3 is 0 Å². The third kappa shape index (κ3) is 3.20. The molecule has 2 N–H and O–H groups in total. The Balaban J connectivity index is 2.32. The Hall–Kier alpha value is -0.950. The Kier molecular flexibility index (Phi) is 4.49. The fraction of sp³-hybridized carbons (Fsp3) is 0.571. The van der Waals surface area contributed by atoms with E-state index in [0.717, 1.165) is 11.1 Å². The first-order valence-electron chi connectivity index (χ1n) is 6.73. The number of benzene rings is 1. The first kappa shape index (κ1) is 15.4. The molecule has 1 aliphatic rings. The minimum atomic E-state index is -3.53. The van der Waals surface area contributed by atoms with E-state index in [4.69, 9.17) is 4.74 Å². The van der Waals surface area contributed by atoms with Crippen LogP contribution >= 0.6 is 0 Å². The summed E-state index contributed by atoms with van der Waals surface area (Å²) in [6.45, 7) is 5.38. The highest BCUT2D eigenvalue weighted by atomic mass is 32.2. The smallest absolute Gasteiger partial charge is 0.241 e. The van der Waals surface area contributed by atoms with Crippen LogP contribution in [0.3, 0.4) is 0 Å². The molecule has 1 aromatic carbocycles. The van der Waals surface area contributed by atoms with Crippen LogP contribution in [-0.4, -0.2) is 34.2 Å². The minimum Gasteiger partial charge on any atom is -0.379 e. The molecule has 20 heavy (non-hydrogen) atoms. The Morgan fingerprint density at radius 2 is 2.15 bits per heavy atom. The number of ether oxygens (including phenoxy) is 1. The first-order valence-corrected chi connectivity index (χ1v) is 8.21. The van der Waals surface area contributed by atoms with Crippen molar-refractivity contribution < 1.29 is 13.2 Å². The van der Waals surface area contributed by atoms with Crippen molar-refractivity contribution in [1.29, 1.82) is 0 Å². The lowest BCUT2D eigenvalue weighted by molar-refractivity contribution is 0.178. The molecule has 1 aliphatic heterocycles. The van der Waals surface area contributed by atoms with E-state index in [-0.39, 0.29) is 0 Å². The second kappa shape index (κ2) is 5.81.